The van der Waals surface area contributed by atoms with Crippen LogP contribution in [0.25, 0.3) is 0 Å². The van der Waals surface area contributed by atoms with Crippen molar-refractivity contribution in [1.82, 2.24) is 0 Å². The molecule has 0 aliphatic heterocycles. The third-order valence-electron chi connectivity index (χ3n) is 4.26. The summed E-state index contributed by atoms with van der Waals surface area (Å²) in [7, 11) is 0. The van der Waals surface area contributed by atoms with Crippen LogP contribution in [0.2, 0.25) is 20.1 Å². The Morgan fingerprint density at radius 3 is 2.26 bits per heavy atom. The van der Waals surface area contributed by atoms with Crippen molar-refractivity contribution in [3.05, 3.63) is 43.4 Å². The first-order valence-electron chi connectivity index (χ1n) is 5.90. The summed E-state index contributed by atoms with van der Waals surface area (Å²) >= 11 is 24.9. The molecule has 4 rings (SSSR count). The number of hydrogen-bond donors (Lipinski definition) is 0. The molecule has 3 aliphatic carbocycles. The van der Waals surface area contributed by atoms with E-state index in [1.165, 1.54) is 0 Å². The maximum atomic E-state index is 12.5. The smallest absolute Gasteiger partial charge is 0.150 e. The number of benzene rings is 1. The summed E-state index contributed by atoms with van der Waals surface area (Å²) < 4.78 is 0. The fraction of sp³-hybridized carbons (Fsp3) is 0.357. The fourth-order valence-electron chi connectivity index (χ4n) is 3.20. The van der Waals surface area contributed by atoms with Crippen LogP contribution in [-0.2, 0) is 10.2 Å². The second-order valence-corrected chi connectivity index (χ2v) is 6.80. The highest BCUT2D eigenvalue weighted by atomic mass is 35.5. The molecule has 3 aliphatic rings. The monoisotopic (exact) mass is 334 g/mol. The van der Waals surface area contributed by atoms with Crippen molar-refractivity contribution in [3.63, 3.8) is 0 Å². The van der Waals surface area contributed by atoms with Gasteiger partial charge in [-0.25, -0.2) is 0 Å². The van der Waals surface area contributed by atoms with Crippen LogP contribution in [0, 0.1) is 5.92 Å². The molecule has 1 nitrogen and oxygen atoms in total. The Labute approximate surface area is 131 Å². The first-order chi connectivity index (χ1) is 8.80. The van der Waals surface area contributed by atoms with Crippen molar-refractivity contribution in [2.75, 3.05) is 0 Å². The summed E-state index contributed by atoms with van der Waals surface area (Å²) in [5.74, 6) is -0.0683. The summed E-state index contributed by atoms with van der Waals surface area (Å²) in [5, 5.41) is 1.22. The molecule has 0 radical (unpaired) electrons. The minimum absolute atomic E-state index is 0.0795. The second kappa shape index (κ2) is 4.14. The number of Topliss-reactive ketones (excluding diaryl/α,β-unsaturated/α-hetero) is 1. The molecule has 0 fully saturated rings. The van der Waals surface area contributed by atoms with E-state index in [0.717, 1.165) is 5.56 Å². The van der Waals surface area contributed by atoms with Gasteiger partial charge in [0.1, 0.15) is 0 Å². The van der Waals surface area contributed by atoms with E-state index in [4.69, 9.17) is 46.4 Å². The van der Waals surface area contributed by atoms with Gasteiger partial charge in [-0.05, 0) is 18.1 Å². The van der Waals surface area contributed by atoms with E-state index < -0.39 is 5.41 Å². The average molecular weight is 336 g/mol. The number of halogens is 4. The molecule has 1 aromatic rings. The van der Waals surface area contributed by atoms with Gasteiger partial charge in [0.15, 0.2) is 5.78 Å². The first-order valence-corrected chi connectivity index (χ1v) is 7.42. The van der Waals surface area contributed by atoms with Crippen molar-refractivity contribution >= 4 is 52.2 Å². The van der Waals surface area contributed by atoms with Crippen LogP contribution in [0.5, 0.6) is 0 Å². The van der Waals surface area contributed by atoms with Crippen LogP contribution >= 0.6 is 46.4 Å². The van der Waals surface area contributed by atoms with Crippen molar-refractivity contribution < 1.29 is 4.79 Å². The molecule has 0 unspecified atom stereocenters. The number of rotatable bonds is 0. The Hall–Kier alpha value is -0.210. The zero-order valence-electron chi connectivity index (χ0n) is 10.2. The summed E-state index contributed by atoms with van der Waals surface area (Å²) in [6, 6.07) is 0. The molecule has 0 saturated heterocycles. The van der Waals surface area contributed by atoms with E-state index in [1.54, 1.807) is 0 Å². The highest BCUT2D eigenvalue weighted by Crippen LogP contribution is 2.57. The maximum absolute atomic E-state index is 12.5. The normalized spacial score (nSPS) is 31.8. The van der Waals surface area contributed by atoms with E-state index >= 15 is 0 Å². The molecular weight excluding hydrogens is 326 g/mol. The molecule has 0 spiro atoms. The van der Waals surface area contributed by atoms with Crippen LogP contribution in [0.4, 0.5) is 0 Å². The molecule has 0 saturated carbocycles. The zero-order chi connectivity index (χ0) is 14.1. The fourth-order valence-corrected chi connectivity index (χ4v) is 4.39. The number of allylic oxidation sites excluding steroid dienone is 2. The summed E-state index contributed by atoms with van der Waals surface area (Å²) in [4.78, 5) is 12.5. The van der Waals surface area contributed by atoms with Gasteiger partial charge < -0.3 is 0 Å². The van der Waals surface area contributed by atoms with E-state index in [9.17, 15) is 4.79 Å². The molecule has 1 aromatic carbocycles. The van der Waals surface area contributed by atoms with Crippen molar-refractivity contribution in [2.45, 2.75) is 25.2 Å². The Morgan fingerprint density at radius 1 is 1.05 bits per heavy atom. The van der Waals surface area contributed by atoms with Gasteiger partial charge >= 0.3 is 0 Å². The molecule has 5 heteroatoms. The van der Waals surface area contributed by atoms with Crippen molar-refractivity contribution in [3.8, 4) is 0 Å². The van der Waals surface area contributed by atoms with E-state index in [-0.39, 0.29) is 27.7 Å². The highest BCUT2D eigenvalue weighted by Gasteiger charge is 2.51. The van der Waals surface area contributed by atoms with Crippen molar-refractivity contribution in [2.24, 2.45) is 5.92 Å². The van der Waals surface area contributed by atoms with Gasteiger partial charge in [0.2, 0.25) is 0 Å². The van der Waals surface area contributed by atoms with Crippen LogP contribution in [0.1, 0.15) is 30.9 Å². The van der Waals surface area contributed by atoms with Gasteiger partial charge in [0.25, 0.3) is 0 Å². The molecule has 3 atom stereocenters. The summed E-state index contributed by atoms with van der Waals surface area (Å²) in [5.41, 5.74) is 0.792. The SMILES string of the molecule is C[C@@H]1C(=O)[C@@]2(C)C=C[C@H]1c1c(Cl)c(Cl)c(Cl)c(Cl)c12. The topological polar surface area (TPSA) is 17.1 Å². The lowest BCUT2D eigenvalue weighted by atomic mass is 9.58. The molecule has 0 heterocycles. The summed E-state index contributed by atoms with van der Waals surface area (Å²) in [6.07, 6.45) is 3.91. The number of ketones is 1. The second-order valence-electron chi connectivity index (χ2n) is 5.28. The van der Waals surface area contributed by atoms with Crippen LogP contribution in [0.15, 0.2) is 12.2 Å². The molecule has 0 N–H and O–H groups in total. The van der Waals surface area contributed by atoms with Crippen LogP contribution < -0.4 is 0 Å². The van der Waals surface area contributed by atoms with Gasteiger partial charge in [0, 0.05) is 11.8 Å². The number of hydrogen-bond acceptors (Lipinski definition) is 1. The average Bonchev–Trinajstić information content (AvgIpc) is 2.39. The molecule has 19 heavy (non-hydrogen) atoms. The van der Waals surface area contributed by atoms with Gasteiger partial charge in [-0.3, -0.25) is 4.79 Å². The molecule has 100 valence electrons. The molecule has 0 aromatic heterocycles. The standard InChI is InChI=1S/C14H10Cl4O/c1-5-6-3-4-14(2,13(5)19)8-7(6)9(15)11(17)12(18)10(8)16/h3-6H,1-2H3/t5-,6+,14-/m0/s1. The lowest BCUT2D eigenvalue weighted by Gasteiger charge is -2.45. The largest absolute Gasteiger partial charge is 0.298 e. The Kier molecular flexibility index (Phi) is 3.00. The first kappa shape index (κ1) is 13.8. The number of carbonyl (C=O) groups excluding carboxylic acids is 1. The van der Waals surface area contributed by atoms with Gasteiger partial charge in [0.05, 0.1) is 25.5 Å². The van der Waals surface area contributed by atoms with E-state index in [0.29, 0.717) is 15.6 Å². The quantitative estimate of drug-likeness (QED) is 0.351. The Balaban J connectivity index is 2.47. The van der Waals surface area contributed by atoms with Crippen LogP contribution in [0.3, 0.4) is 0 Å². The zero-order valence-corrected chi connectivity index (χ0v) is 13.3. The van der Waals surface area contributed by atoms with E-state index in [1.807, 2.05) is 26.0 Å². The van der Waals surface area contributed by atoms with Gasteiger partial charge in [-0.1, -0.05) is 65.5 Å². The highest BCUT2D eigenvalue weighted by molar-refractivity contribution is 6.52. The maximum Gasteiger partial charge on any atom is 0.150 e. The van der Waals surface area contributed by atoms with Gasteiger partial charge in [-0.2, -0.15) is 0 Å². The predicted molar refractivity (Wildman–Crippen MR) is 79.9 cm³/mol. The van der Waals surface area contributed by atoms with Gasteiger partial charge in [-0.15, -0.1) is 0 Å². The minimum atomic E-state index is -0.765. The third-order valence-corrected chi connectivity index (χ3v) is 6.07. The Bertz CT molecular complexity index is 650. The lowest BCUT2D eigenvalue weighted by Crippen LogP contribution is -2.46. The van der Waals surface area contributed by atoms with Crippen molar-refractivity contribution in [1.29, 1.82) is 0 Å². The summed E-state index contributed by atoms with van der Waals surface area (Å²) in [6.45, 7) is 3.76. The molecule has 0 amide bonds. The third kappa shape index (κ3) is 1.53. The predicted octanol–water partition coefficient (Wildman–Crippen LogP) is 5.43. The molecular formula is C14H10Cl4O. The molecule has 2 bridgehead atoms. The Morgan fingerprint density at radius 2 is 1.63 bits per heavy atom. The lowest BCUT2D eigenvalue weighted by molar-refractivity contribution is -0.127. The minimum Gasteiger partial charge on any atom is -0.298 e. The number of fused-ring (bicyclic) bond motifs is 1. The number of carbonyl (C=O) groups is 1. The van der Waals surface area contributed by atoms with Crippen LogP contribution in [-0.4, -0.2) is 5.78 Å². The van der Waals surface area contributed by atoms with E-state index in [2.05, 4.69) is 0 Å².